The molecule has 1 spiro atoms. The van der Waals surface area contributed by atoms with Gasteiger partial charge in [-0.25, -0.2) is 0 Å². The van der Waals surface area contributed by atoms with E-state index in [0.29, 0.717) is 5.41 Å². The van der Waals surface area contributed by atoms with Crippen LogP contribution < -0.4 is 0 Å². The van der Waals surface area contributed by atoms with Gasteiger partial charge in [0.15, 0.2) is 5.79 Å². The molecule has 5 rings (SSSR count). The van der Waals surface area contributed by atoms with Crippen molar-refractivity contribution in [2.24, 2.45) is 40.9 Å². The van der Waals surface area contributed by atoms with Crippen LogP contribution in [0.2, 0.25) is 0 Å². The average molecular weight is 407 g/mol. The number of hydrogen-bond donors (Lipinski definition) is 0. The lowest BCUT2D eigenvalue weighted by molar-refractivity contribution is -0.209. The zero-order valence-electron chi connectivity index (χ0n) is 19.6. The number of ether oxygens (including phenoxy) is 3. The van der Waals surface area contributed by atoms with Crippen LogP contribution in [0.4, 0.5) is 0 Å². The minimum absolute atomic E-state index is 0.184. The number of hydrogen-bond acceptors (Lipinski definition) is 3. The average Bonchev–Trinajstić information content (AvgIpc) is 3.33. The Hall–Kier alpha value is -0.120. The molecule has 5 fully saturated rings. The Bertz CT molecular complexity index is 528. The molecule has 0 aromatic rings. The fourth-order valence-electron chi connectivity index (χ4n) is 8.64. The molecule has 168 valence electrons. The van der Waals surface area contributed by atoms with Gasteiger partial charge in [0.1, 0.15) is 0 Å². The molecule has 0 aromatic heterocycles. The van der Waals surface area contributed by atoms with Crippen LogP contribution in [0.3, 0.4) is 0 Å². The first-order valence-corrected chi connectivity index (χ1v) is 12.9. The number of fused-ring (bicyclic) bond motifs is 5. The highest BCUT2D eigenvalue weighted by atomic mass is 16.7. The van der Waals surface area contributed by atoms with Crippen LogP contribution in [0.5, 0.6) is 0 Å². The summed E-state index contributed by atoms with van der Waals surface area (Å²) in [6.45, 7) is 9.24. The Labute approximate surface area is 179 Å². The van der Waals surface area contributed by atoms with Crippen LogP contribution in [-0.4, -0.2) is 32.7 Å². The fraction of sp³-hybridized carbons (Fsp3) is 1.00. The van der Waals surface area contributed by atoms with E-state index in [0.717, 1.165) is 61.7 Å². The zero-order valence-corrected chi connectivity index (χ0v) is 19.6. The fourth-order valence-corrected chi connectivity index (χ4v) is 8.64. The van der Waals surface area contributed by atoms with Crippen molar-refractivity contribution in [3.05, 3.63) is 0 Å². The summed E-state index contributed by atoms with van der Waals surface area (Å²) in [5.41, 5.74) is 0.620. The van der Waals surface area contributed by atoms with Gasteiger partial charge in [-0.15, -0.1) is 0 Å². The molecule has 1 saturated heterocycles. The number of methoxy groups -OCH3 is 1. The summed E-state index contributed by atoms with van der Waals surface area (Å²) in [6.07, 6.45) is 15.2. The highest BCUT2D eigenvalue weighted by Gasteiger charge is 2.58. The highest BCUT2D eigenvalue weighted by Crippen LogP contribution is 2.65. The van der Waals surface area contributed by atoms with Gasteiger partial charge in [-0.3, -0.25) is 0 Å². The van der Waals surface area contributed by atoms with Crippen LogP contribution in [-0.2, 0) is 14.2 Å². The lowest BCUT2D eigenvalue weighted by Crippen LogP contribution is -2.51. The molecule has 0 N–H and O–H groups in total. The quantitative estimate of drug-likeness (QED) is 0.502. The minimum atomic E-state index is -0.184. The van der Waals surface area contributed by atoms with E-state index in [1.807, 2.05) is 21.0 Å². The first-order chi connectivity index (χ1) is 14.2. The van der Waals surface area contributed by atoms with Gasteiger partial charge < -0.3 is 14.2 Å². The second kappa shape index (κ2) is 9.17. The molecule has 4 aliphatic carbocycles. The van der Waals surface area contributed by atoms with Crippen molar-refractivity contribution in [2.75, 3.05) is 26.9 Å². The lowest BCUT2D eigenvalue weighted by Gasteiger charge is -2.57. The van der Waals surface area contributed by atoms with Crippen molar-refractivity contribution < 1.29 is 14.2 Å². The maximum atomic E-state index is 6.08. The van der Waals surface area contributed by atoms with Gasteiger partial charge in [0.25, 0.3) is 0 Å². The van der Waals surface area contributed by atoms with Gasteiger partial charge in [-0.1, -0.05) is 20.8 Å². The monoisotopic (exact) mass is 406 g/mol. The van der Waals surface area contributed by atoms with Crippen LogP contribution in [0.15, 0.2) is 0 Å². The van der Waals surface area contributed by atoms with Crippen LogP contribution in [0.1, 0.15) is 91.4 Å². The summed E-state index contributed by atoms with van der Waals surface area (Å²) in [7, 11) is 1.85. The van der Waals surface area contributed by atoms with Crippen LogP contribution in [0.25, 0.3) is 0 Å². The first-order valence-electron chi connectivity index (χ1n) is 12.9. The molecule has 3 nitrogen and oxygen atoms in total. The van der Waals surface area contributed by atoms with Crippen molar-refractivity contribution in [2.45, 2.75) is 97.2 Å². The van der Waals surface area contributed by atoms with Gasteiger partial charge in [0.2, 0.25) is 0 Å². The van der Waals surface area contributed by atoms with E-state index < -0.39 is 0 Å². The third-order valence-electron chi connectivity index (χ3n) is 9.86. The molecule has 1 aliphatic heterocycles. The van der Waals surface area contributed by atoms with E-state index in [4.69, 9.17) is 14.2 Å². The van der Waals surface area contributed by atoms with Gasteiger partial charge in [0, 0.05) is 26.6 Å². The van der Waals surface area contributed by atoms with E-state index >= 15 is 0 Å². The largest absolute Gasteiger partial charge is 0.385 e. The Morgan fingerprint density at radius 1 is 0.862 bits per heavy atom. The smallest absolute Gasteiger partial charge is 0.168 e. The van der Waals surface area contributed by atoms with Gasteiger partial charge >= 0.3 is 0 Å². The first kappa shape index (κ1) is 22.1. The lowest BCUT2D eigenvalue weighted by atomic mass is 9.49. The van der Waals surface area contributed by atoms with E-state index in [-0.39, 0.29) is 5.79 Å². The molecular weight excluding hydrogens is 360 g/mol. The molecule has 3 heteroatoms. The Kier molecular flexibility index (Phi) is 6.98. The van der Waals surface area contributed by atoms with Crippen molar-refractivity contribution >= 4 is 0 Å². The van der Waals surface area contributed by atoms with Crippen molar-refractivity contribution in [1.82, 2.24) is 0 Å². The maximum Gasteiger partial charge on any atom is 0.168 e. The predicted molar refractivity (Wildman–Crippen MR) is 118 cm³/mol. The second-order valence-electron chi connectivity index (χ2n) is 10.7. The SMILES string of the molecule is CC.COCCCC1CCC2C3CC[C@@H]4CC5(CCC4C3CC[C@]12C)OCCO5. The summed E-state index contributed by atoms with van der Waals surface area (Å²) in [4.78, 5) is 0. The van der Waals surface area contributed by atoms with Crippen molar-refractivity contribution in [3.63, 3.8) is 0 Å². The standard InChI is InChI=1S/C24H40O3.C2H6/c1-23-11-9-20-19-10-12-24(26-14-15-27-24)16-17(19)5-7-21(20)22(23)8-6-18(23)4-3-13-25-2;1-2/h17-22H,3-16H2,1-2H3;1-2H3/t17-,18?,19?,20?,21?,22?,23-;/m1./s1. The zero-order chi connectivity index (χ0) is 20.5. The maximum absolute atomic E-state index is 6.08. The number of rotatable bonds is 4. The molecule has 7 atom stereocenters. The van der Waals surface area contributed by atoms with E-state index in [2.05, 4.69) is 6.92 Å². The van der Waals surface area contributed by atoms with Crippen LogP contribution in [0, 0.1) is 40.9 Å². The van der Waals surface area contributed by atoms with Gasteiger partial charge in [-0.2, -0.15) is 0 Å². The Morgan fingerprint density at radius 3 is 2.38 bits per heavy atom. The van der Waals surface area contributed by atoms with E-state index in [1.54, 1.807) is 0 Å². The molecule has 0 radical (unpaired) electrons. The molecule has 0 bridgehead atoms. The Morgan fingerprint density at radius 2 is 1.62 bits per heavy atom. The summed E-state index contributed by atoms with van der Waals surface area (Å²) in [5.74, 6) is 5.60. The molecule has 0 amide bonds. The topological polar surface area (TPSA) is 27.7 Å². The molecule has 29 heavy (non-hydrogen) atoms. The Balaban J connectivity index is 0.000000994. The molecule has 5 aliphatic rings. The van der Waals surface area contributed by atoms with E-state index in [9.17, 15) is 0 Å². The minimum Gasteiger partial charge on any atom is -0.385 e. The third kappa shape index (κ3) is 3.94. The van der Waals surface area contributed by atoms with Crippen molar-refractivity contribution in [3.8, 4) is 0 Å². The molecule has 1 heterocycles. The molecular formula is C26H46O3. The predicted octanol–water partition coefficient (Wildman–Crippen LogP) is 6.45. The van der Waals surface area contributed by atoms with Crippen LogP contribution >= 0.6 is 0 Å². The van der Waals surface area contributed by atoms with E-state index in [1.165, 1.54) is 64.2 Å². The molecule has 4 saturated carbocycles. The summed E-state index contributed by atoms with van der Waals surface area (Å²) < 4.78 is 17.5. The molecule has 5 unspecified atom stereocenters. The van der Waals surface area contributed by atoms with Gasteiger partial charge in [0.05, 0.1) is 13.2 Å². The summed E-state index contributed by atoms with van der Waals surface area (Å²) in [5, 5.41) is 0. The summed E-state index contributed by atoms with van der Waals surface area (Å²) in [6, 6.07) is 0. The summed E-state index contributed by atoms with van der Waals surface area (Å²) >= 11 is 0. The highest BCUT2D eigenvalue weighted by molar-refractivity contribution is 5.06. The second-order valence-corrected chi connectivity index (χ2v) is 10.7. The van der Waals surface area contributed by atoms with Crippen molar-refractivity contribution in [1.29, 1.82) is 0 Å². The third-order valence-corrected chi connectivity index (χ3v) is 9.86. The van der Waals surface area contributed by atoms with Gasteiger partial charge in [-0.05, 0) is 98.7 Å². The molecule has 0 aromatic carbocycles. The normalized spacial score (nSPS) is 45.1.